The first-order chi connectivity index (χ1) is 21.6. The van der Waals surface area contributed by atoms with Gasteiger partial charge in [-0.2, -0.15) is 23.1 Å². The molecule has 0 unspecified atom stereocenters. The first-order valence-electron chi connectivity index (χ1n) is 15.2. The number of ether oxygens (including phenoxy) is 2. The molecule has 4 fully saturated rings. The van der Waals surface area contributed by atoms with Gasteiger partial charge in [0.2, 0.25) is 0 Å². The van der Waals surface area contributed by atoms with Crippen LogP contribution in [-0.2, 0) is 10.9 Å². The maximum Gasteiger partial charge on any atom is 0.418 e. The number of alkyl halides is 5. The van der Waals surface area contributed by atoms with Gasteiger partial charge in [0.05, 0.1) is 49.4 Å². The number of aryl methyl sites for hydroxylation is 1. The number of nitrogen functional groups attached to an aromatic ring is 1. The summed E-state index contributed by atoms with van der Waals surface area (Å²) < 4.78 is 118. The molecule has 1 aliphatic carbocycles. The van der Waals surface area contributed by atoms with Crippen LogP contribution in [-0.4, -0.2) is 83.2 Å². The minimum absolute atomic E-state index is 0.0199. The molecule has 2 N–H and O–H groups in total. The Kier molecular flexibility index (Phi) is 6.49. The zero-order valence-corrected chi connectivity index (χ0v) is 24.2. The number of anilines is 2. The van der Waals surface area contributed by atoms with E-state index in [2.05, 4.69) is 15.0 Å². The van der Waals surface area contributed by atoms with Gasteiger partial charge in [0, 0.05) is 30.8 Å². The van der Waals surface area contributed by atoms with Gasteiger partial charge in [-0.1, -0.05) is 11.6 Å². The summed E-state index contributed by atoms with van der Waals surface area (Å²) in [6.07, 6.45) is -6.83. The van der Waals surface area contributed by atoms with E-state index in [1.54, 1.807) is 4.90 Å². The molecule has 4 aliphatic rings. The lowest BCUT2D eigenvalue weighted by Crippen LogP contribution is -2.43. The van der Waals surface area contributed by atoms with E-state index in [0.717, 1.165) is 13.0 Å². The fraction of sp³-hybridized carbons (Fsp3) is 0.552. The van der Waals surface area contributed by atoms with E-state index in [0.29, 0.717) is 13.0 Å². The van der Waals surface area contributed by atoms with Crippen LogP contribution in [0.25, 0.3) is 22.2 Å². The number of aromatic nitrogens is 3. The van der Waals surface area contributed by atoms with Crippen molar-refractivity contribution in [3.8, 4) is 17.3 Å². The lowest BCUT2D eigenvalue weighted by molar-refractivity contribution is -0.137. The van der Waals surface area contributed by atoms with Crippen molar-refractivity contribution >= 4 is 34.1 Å². The Hall–Kier alpha value is -3.10. The summed E-state index contributed by atoms with van der Waals surface area (Å²) in [5.41, 5.74) is 0.716. The average Bonchev–Trinajstić information content (AvgIpc) is 3.30. The summed E-state index contributed by atoms with van der Waals surface area (Å²) in [7, 11) is 0. The molecule has 1 saturated carbocycles. The predicted octanol–water partition coefficient (Wildman–Crippen LogP) is 5.52. The molecule has 236 valence electrons. The minimum Gasteiger partial charge on any atom is -0.461 e. The number of rotatable bonds is 5. The van der Waals surface area contributed by atoms with Crippen LogP contribution >= 0.6 is 11.6 Å². The molecule has 3 aromatic rings. The third-order valence-electron chi connectivity index (χ3n) is 8.98. The first kappa shape index (κ1) is 27.2. The lowest BCUT2D eigenvalue weighted by Gasteiger charge is -2.31. The second kappa shape index (κ2) is 10.5. The van der Waals surface area contributed by atoms with Crippen LogP contribution in [0.3, 0.4) is 0 Å². The Morgan fingerprint density at radius 1 is 1.23 bits per heavy atom. The maximum absolute atomic E-state index is 16.7. The molecule has 0 bridgehead atoms. The SMILES string of the molecule is [2H]C([2H])(Oc1nc(N2CCOC[C@@H]3[C@@H](F)[C@@H]32)c2cc(Cl)c(-c3nc(N)cc(C)c3C(F)(F)F)c(F)c2n1)[C@@]12CCCN1C[C@H](F)C2. The van der Waals surface area contributed by atoms with E-state index in [9.17, 15) is 22.0 Å². The zero-order valence-electron chi connectivity index (χ0n) is 25.4. The highest BCUT2D eigenvalue weighted by Gasteiger charge is 2.56. The number of halogens is 7. The number of pyridine rings is 1. The average molecular weight is 645 g/mol. The van der Waals surface area contributed by atoms with Crippen molar-refractivity contribution in [2.75, 3.05) is 50.0 Å². The zero-order chi connectivity index (χ0) is 32.9. The van der Waals surface area contributed by atoms with Crippen molar-refractivity contribution in [3.05, 3.63) is 34.1 Å². The van der Waals surface area contributed by atoms with Crippen LogP contribution in [0.15, 0.2) is 12.1 Å². The molecule has 5 atom stereocenters. The Labute approximate surface area is 256 Å². The van der Waals surface area contributed by atoms with Gasteiger partial charge < -0.3 is 20.1 Å². The Morgan fingerprint density at radius 2 is 2.02 bits per heavy atom. The molecule has 0 amide bonds. The quantitative estimate of drug-likeness (QED) is 0.363. The van der Waals surface area contributed by atoms with Crippen LogP contribution in [0.5, 0.6) is 6.01 Å². The van der Waals surface area contributed by atoms with Gasteiger partial charge in [0.25, 0.3) is 0 Å². The summed E-state index contributed by atoms with van der Waals surface area (Å²) >= 11 is 6.50. The van der Waals surface area contributed by atoms with Crippen LogP contribution in [0, 0.1) is 18.7 Å². The van der Waals surface area contributed by atoms with Crippen molar-refractivity contribution in [2.45, 2.75) is 56.3 Å². The number of nitrogens with two attached hydrogens (primary N) is 1. The van der Waals surface area contributed by atoms with Crippen molar-refractivity contribution < 1.29 is 38.6 Å². The largest absolute Gasteiger partial charge is 0.461 e. The lowest BCUT2D eigenvalue weighted by atomic mass is 9.95. The summed E-state index contributed by atoms with van der Waals surface area (Å²) in [6.45, 7) is -0.532. The third kappa shape index (κ3) is 4.80. The van der Waals surface area contributed by atoms with Crippen molar-refractivity contribution in [3.63, 3.8) is 0 Å². The summed E-state index contributed by atoms with van der Waals surface area (Å²) in [5, 5.41) is -0.532. The summed E-state index contributed by atoms with van der Waals surface area (Å²) in [4.78, 5) is 15.6. The highest BCUT2D eigenvalue weighted by molar-refractivity contribution is 6.34. The van der Waals surface area contributed by atoms with E-state index in [1.165, 1.54) is 11.0 Å². The van der Waals surface area contributed by atoms with Crippen LogP contribution < -0.4 is 15.4 Å². The fourth-order valence-electron chi connectivity index (χ4n) is 6.97. The standard InChI is InChI=1S/C29H29ClF6N6O2/c1-13-7-18(37)38-24(20(13)29(34,35)36)19-17(30)8-15-23(22(19)33)39-27(44-12-28-3-2-4-41(28)10-14(31)9-28)40-26(15)42-5-6-43-11-16-21(32)25(16)42/h7-8,14,16,21,25H,2-6,9-12H2,1H3,(H2,37,38)/t14-,16-,21-,25-,28+/m1/s1/i12D2. The topological polar surface area (TPSA) is 89.6 Å². The molecular formula is C29H29ClF6N6O2. The van der Waals surface area contributed by atoms with Crippen molar-refractivity contribution in [1.29, 1.82) is 0 Å². The van der Waals surface area contributed by atoms with Crippen molar-refractivity contribution in [2.24, 2.45) is 5.92 Å². The van der Waals surface area contributed by atoms with Gasteiger partial charge in [-0.3, -0.25) is 4.90 Å². The number of nitrogens with zero attached hydrogens (tertiary/aromatic N) is 5. The summed E-state index contributed by atoms with van der Waals surface area (Å²) in [5.74, 6) is -2.20. The molecule has 44 heavy (non-hydrogen) atoms. The van der Waals surface area contributed by atoms with Crippen LogP contribution in [0.1, 0.15) is 33.1 Å². The van der Waals surface area contributed by atoms with E-state index >= 15 is 4.39 Å². The van der Waals surface area contributed by atoms with Crippen LogP contribution in [0.2, 0.25) is 5.02 Å². The normalized spacial score (nSPS) is 29.7. The number of hydrogen-bond acceptors (Lipinski definition) is 8. The van der Waals surface area contributed by atoms with E-state index in [-0.39, 0.29) is 61.7 Å². The Morgan fingerprint density at radius 3 is 2.80 bits per heavy atom. The predicted molar refractivity (Wildman–Crippen MR) is 151 cm³/mol. The van der Waals surface area contributed by atoms with E-state index in [4.69, 9.17) is 29.5 Å². The van der Waals surface area contributed by atoms with E-state index in [1.807, 2.05) is 0 Å². The van der Waals surface area contributed by atoms with Gasteiger partial charge in [0.1, 0.15) is 36.1 Å². The van der Waals surface area contributed by atoms with Crippen LogP contribution in [0.4, 0.5) is 38.0 Å². The van der Waals surface area contributed by atoms with Gasteiger partial charge in [-0.05, 0) is 44.0 Å². The van der Waals surface area contributed by atoms with Gasteiger partial charge in [-0.25, -0.2) is 18.2 Å². The molecule has 1 aromatic carbocycles. The molecule has 5 heterocycles. The molecule has 7 rings (SSSR count). The van der Waals surface area contributed by atoms with Gasteiger partial charge in [0.15, 0.2) is 5.82 Å². The molecule has 0 radical (unpaired) electrons. The van der Waals surface area contributed by atoms with Gasteiger partial charge >= 0.3 is 12.2 Å². The van der Waals surface area contributed by atoms with Gasteiger partial charge in [-0.15, -0.1) is 0 Å². The first-order valence-corrected chi connectivity index (χ1v) is 14.6. The molecule has 0 spiro atoms. The smallest absolute Gasteiger partial charge is 0.418 e. The van der Waals surface area contributed by atoms with Crippen molar-refractivity contribution in [1.82, 2.24) is 19.9 Å². The second-order valence-corrected chi connectivity index (χ2v) is 12.2. The number of benzene rings is 1. The highest BCUT2D eigenvalue weighted by Crippen LogP contribution is 2.48. The fourth-order valence-corrected chi connectivity index (χ4v) is 7.25. The minimum atomic E-state index is -4.96. The second-order valence-electron chi connectivity index (χ2n) is 11.8. The number of fused-ring (bicyclic) bond motifs is 3. The molecule has 8 nitrogen and oxygen atoms in total. The summed E-state index contributed by atoms with van der Waals surface area (Å²) in [6, 6.07) is 0.800. The monoisotopic (exact) mass is 644 g/mol. The Balaban J connectivity index is 1.43. The molecule has 3 aliphatic heterocycles. The molecule has 15 heteroatoms. The number of hydrogen-bond donors (Lipinski definition) is 1. The Bertz CT molecular complexity index is 1740. The highest BCUT2D eigenvalue weighted by atomic mass is 35.5. The third-order valence-corrected chi connectivity index (χ3v) is 9.28. The molecular weight excluding hydrogens is 614 g/mol. The van der Waals surface area contributed by atoms with E-state index < -0.39 is 81.8 Å². The molecule has 2 aromatic heterocycles. The molecule has 3 saturated heterocycles. The maximum atomic E-state index is 16.7.